The molecule has 1 atom stereocenters. The first-order chi connectivity index (χ1) is 10.9. The molecule has 9 heteroatoms. The minimum atomic E-state index is -3.37. The van der Waals surface area contributed by atoms with E-state index < -0.39 is 16.1 Å². The first-order valence-electron chi connectivity index (χ1n) is 7.45. The molecule has 0 N–H and O–H groups in total. The zero-order valence-corrected chi connectivity index (χ0v) is 14.0. The van der Waals surface area contributed by atoms with Crippen molar-refractivity contribution in [1.29, 1.82) is 0 Å². The van der Waals surface area contributed by atoms with Crippen LogP contribution >= 0.6 is 0 Å². The number of rotatable bonds is 4. The maximum atomic E-state index is 12.2. The molecule has 3 rings (SSSR count). The largest absolute Gasteiger partial charge is 0.468 e. The molecule has 1 saturated heterocycles. The highest BCUT2D eigenvalue weighted by Gasteiger charge is 2.34. The third-order valence-corrected chi connectivity index (χ3v) is 5.21. The molecular formula is C14H20N4O4S. The van der Waals surface area contributed by atoms with Gasteiger partial charge < -0.3 is 8.94 Å². The van der Waals surface area contributed by atoms with Gasteiger partial charge in [0, 0.05) is 19.6 Å². The first kappa shape index (κ1) is 16.2. The van der Waals surface area contributed by atoms with Crippen LogP contribution in [0.1, 0.15) is 29.9 Å². The summed E-state index contributed by atoms with van der Waals surface area (Å²) < 4.78 is 36.3. The maximum Gasteiger partial charge on any atom is 0.245 e. The second-order valence-electron chi connectivity index (χ2n) is 5.71. The zero-order chi connectivity index (χ0) is 16.4. The highest BCUT2D eigenvalue weighted by Crippen LogP contribution is 2.28. The molecule has 1 fully saturated rings. The van der Waals surface area contributed by atoms with Crippen LogP contribution in [0.15, 0.2) is 27.3 Å². The van der Waals surface area contributed by atoms with E-state index in [1.54, 1.807) is 13.2 Å². The Balaban J connectivity index is 1.80. The third kappa shape index (κ3) is 3.80. The lowest BCUT2D eigenvalue weighted by molar-refractivity contribution is 0.254. The molecule has 126 valence electrons. The van der Waals surface area contributed by atoms with Crippen LogP contribution in [0.4, 0.5) is 0 Å². The number of aryl methyl sites for hydroxylation is 1. The van der Waals surface area contributed by atoms with Gasteiger partial charge in [-0.1, -0.05) is 5.16 Å². The number of sulfonamides is 1. The summed E-state index contributed by atoms with van der Waals surface area (Å²) in [7, 11) is -3.37. The molecule has 2 aromatic heterocycles. The molecule has 0 saturated carbocycles. The highest BCUT2D eigenvalue weighted by atomic mass is 32.2. The Bertz CT molecular complexity index is 741. The van der Waals surface area contributed by atoms with E-state index in [-0.39, 0.29) is 0 Å². The number of nitrogens with zero attached hydrogens (tertiary/aromatic N) is 4. The number of hydrogen-bond donors (Lipinski definition) is 0. The summed E-state index contributed by atoms with van der Waals surface area (Å²) in [5, 5.41) is 3.78. The van der Waals surface area contributed by atoms with Crippen molar-refractivity contribution in [1.82, 2.24) is 19.3 Å². The highest BCUT2D eigenvalue weighted by molar-refractivity contribution is 7.88. The number of furan rings is 1. The molecule has 1 aliphatic heterocycles. The quantitative estimate of drug-likeness (QED) is 0.825. The lowest BCUT2D eigenvalue weighted by atomic mass is 10.2. The van der Waals surface area contributed by atoms with E-state index in [0.717, 1.165) is 12.3 Å². The average Bonchev–Trinajstić information content (AvgIpc) is 3.07. The number of hydrogen-bond acceptors (Lipinski definition) is 7. The topological polar surface area (TPSA) is 92.7 Å². The van der Waals surface area contributed by atoms with E-state index in [9.17, 15) is 8.42 Å². The van der Waals surface area contributed by atoms with Gasteiger partial charge in [-0.15, -0.1) is 0 Å². The predicted molar refractivity (Wildman–Crippen MR) is 81.9 cm³/mol. The van der Waals surface area contributed by atoms with E-state index in [1.807, 2.05) is 12.1 Å². The molecule has 1 unspecified atom stereocenters. The van der Waals surface area contributed by atoms with E-state index in [2.05, 4.69) is 15.0 Å². The van der Waals surface area contributed by atoms with Gasteiger partial charge in [-0.2, -0.15) is 9.29 Å². The molecule has 8 nitrogen and oxygen atoms in total. The Morgan fingerprint density at radius 2 is 2.17 bits per heavy atom. The summed E-state index contributed by atoms with van der Waals surface area (Å²) in [6.07, 6.45) is 3.45. The Morgan fingerprint density at radius 3 is 2.78 bits per heavy atom. The average molecular weight is 340 g/mol. The third-order valence-electron chi connectivity index (χ3n) is 3.92. The summed E-state index contributed by atoms with van der Waals surface area (Å²) in [6.45, 7) is 4.10. The van der Waals surface area contributed by atoms with Crippen molar-refractivity contribution in [3.05, 3.63) is 35.9 Å². The minimum Gasteiger partial charge on any atom is -0.468 e. The Hall–Kier alpha value is -1.71. The molecule has 2 aromatic rings. The van der Waals surface area contributed by atoms with Crippen LogP contribution < -0.4 is 0 Å². The summed E-state index contributed by atoms with van der Waals surface area (Å²) in [4.78, 5) is 6.39. The van der Waals surface area contributed by atoms with Crippen LogP contribution in [0, 0.1) is 6.92 Å². The van der Waals surface area contributed by atoms with Crippen molar-refractivity contribution in [3.63, 3.8) is 0 Å². The lowest BCUT2D eigenvalue weighted by Gasteiger charge is -2.24. The molecular weight excluding hydrogens is 320 g/mol. The van der Waals surface area contributed by atoms with Crippen LogP contribution in [0.25, 0.3) is 0 Å². The van der Waals surface area contributed by atoms with Gasteiger partial charge in [-0.25, -0.2) is 8.42 Å². The van der Waals surface area contributed by atoms with Gasteiger partial charge in [0.25, 0.3) is 0 Å². The summed E-state index contributed by atoms with van der Waals surface area (Å²) in [5.41, 5.74) is 0. The van der Waals surface area contributed by atoms with Crippen molar-refractivity contribution in [2.75, 3.05) is 25.9 Å². The fourth-order valence-corrected chi connectivity index (χ4v) is 3.90. The van der Waals surface area contributed by atoms with Gasteiger partial charge in [-0.05, 0) is 25.5 Å². The SMILES string of the molecule is Cc1noc(C2CCN(Cc3ccco3)CCN2S(C)(=O)=O)n1. The second kappa shape index (κ2) is 6.42. The summed E-state index contributed by atoms with van der Waals surface area (Å²) >= 11 is 0. The Kier molecular flexibility index (Phi) is 4.51. The van der Waals surface area contributed by atoms with Crippen molar-refractivity contribution in [2.45, 2.75) is 25.9 Å². The molecule has 0 aromatic carbocycles. The van der Waals surface area contributed by atoms with Crippen LogP contribution in [0.3, 0.4) is 0 Å². The molecule has 3 heterocycles. The van der Waals surface area contributed by atoms with Crippen LogP contribution in [-0.2, 0) is 16.6 Å². The normalized spacial score (nSPS) is 21.4. The maximum absolute atomic E-state index is 12.2. The van der Waals surface area contributed by atoms with Crippen LogP contribution in [0.2, 0.25) is 0 Å². The summed E-state index contributed by atoms with van der Waals surface area (Å²) in [5.74, 6) is 1.72. The molecule has 0 bridgehead atoms. The summed E-state index contributed by atoms with van der Waals surface area (Å²) in [6, 6.07) is 3.34. The van der Waals surface area contributed by atoms with Gasteiger partial charge in [0.15, 0.2) is 5.82 Å². The molecule has 0 spiro atoms. The predicted octanol–water partition coefficient (Wildman–Crippen LogP) is 1.18. The molecule has 1 aliphatic rings. The molecule has 23 heavy (non-hydrogen) atoms. The number of aromatic nitrogens is 2. The first-order valence-corrected chi connectivity index (χ1v) is 9.30. The fraction of sp³-hybridized carbons (Fsp3) is 0.571. The van der Waals surface area contributed by atoms with Crippen LogP contribution in [0.5, 0.6) is 0 Å². The molecule has 0 radical (unpaired) electrons. The Labute approximate surface area is 135 Å². The zero-order valence-electron chi connectivity index (χ0n) is 13.2. The standard InChI is InChI=1S/C14H20N4O4S/c1-11-15-14(22-16-11)13-5-6-17(10-12-4-3-9-21-12)7-8-18(13)23(2,19)20/h3-4,9,13H,5-8,10H2,1-2H3. The molecule has 0 aliphatic carbocycles. The second-order valence-corrected chi connectivity index (χ2v) is 7.65. The van der Waals surface area contributed by atoms with Crippen molar-refractivity contribution >= 4 is 10.0 Å². The van der Waals surface area contributed by atoms with Gasteiger partial charge >= 0.3 is 0 Å². The van der Waals surface area contributed by atoms with Gasteiger partial charge in [-0.3, -0.25) is 4.90 Å². The smallest absolute Gasteiger partial charge is 0.245 e. The molecule has 0 amide bonds. The van der Waals surface area contributed by atoms with Crippen molar-refractivity contribution in [3.8, 4) is 0 Å². The van der Waals surface area contributed by atoms with Crippen molar-refractivity contribution < 1.29 is 17.4 Å². The minimum absolute atomic E-state index is 0.354. The van der Waals surface area contributed by atoms with Gasteiger partial charge in [0.2, 0.25) is 15.9 Å². The Morgan fingerprint density at radius 1 is 1.35 bits per heavy atom. The van der Waals surface area contributed by atoms with Gasteiger partial charge in [0.05, 0.1) is 19.1 Å². The monoisotopic (exact) mass is 340 g/mol. The van der Waals surface area contributed by atoms with Crippen molar-refractivity contribution in [2.24, 2.45) is 0 Å². The fourth-order valence-electron chi connectivity index (χ4n) is 2.83. The van der Waals surface area contributed by atoms with E-state index in [1.165, 1.54) is 10.6 Å². The van der Waals surface area contributed by atoms with Crippen LogP contribution in [-0.4, -0.2) is 53.7 Å². The van der Waals surface area contributed by atoms with E-state index in [4.69, 9.17) is 8.94 Å². The van der Waals surface area contributed by atoms with E-state index >= 15 is 0 Å². The van der Waals surface area contributed by atoms with Gasteiger partial charge in [0.1, 0.15) is 11.8 Å². The van der Waals surface area contributed by atoms with E-state index in [0.29, 0.717) is 37.8 Å². The lowest BCUT2D eigenvalue weighted by Crippen LogP contribution is -2.36.